The molecule has 31 heavy (non-hydrogen) atoms. The average Bonchev–Trinajstić information content (AvgIpc) is 3.25. The molecule has 1 N–H and O–H groups in total. The Labute approximate surface area is 179 Å². The molecule has 3 heterocycles. The molecule has 0 unspecified atom stereocenters. The van der Waals surface area contributed by atoms with Crippen LogP contribution in [-0.4, -0.2) is 69.6 Å². The van der Waals surface area contributed by atoms with Crippen molar-refractivity contribution in [3.8, 4) is 17.3 Å². The Morgan fingerprint density at radius 2 is 1.90 bits per heavy atom. The zero-order valence-corrected chi connectivity index (χ0v) is 17.7. The minimum absolute atomic E-state index is 0.248. The van der Waals surface area contributed by atoms with Gasteiger partial charge in [-0.2, -0.15) is 4.80 Å². The highest BCUT2D eigenvalue weighted by molar-refractivity contribution is 5.93. The summed E-state index contributed by atoms with van der Waals surface area (Å²) >= 11 is 0. The molecule has 0 bridgehead atoms. The van der Waals surface area contributed by atoms with Gasteiger partial charge in [0.25, 0.3) is 5.91 Å². The summed E-state index contributed by atoms with van der Waals surface area (Å²) in [5.74, 6) is 1.23. The third-order valence-corrected chi connectivity index (χ3v) is 4.14. The maximum atomic E-state index is 12.4. The van der Waals surface area contributed by atoms with Gasteiger partial charge in [-0.1, -0.05) is 12.1 Å². The lowest BCUT2D eigenvalue weighted by atomic mass is 10.2. The number of aromatic nitrogens is 6. The van der Waals surface area contributed by atoms with Gasteiger partial charge in [-0.3, -0.25) is 4.79 Å². The SMILES string of the molecule is C1COCCO1.COc1cccc(CNC(=O)c2cc(-c3nnn(C)n3)nc(C)n2)c1. The Bertz CT molecular complexity index is 993. The van der Waals surface area contributed by atoms with Gasteiger partial charge in [0.15, 0.2) is 0 Å². The van der Waals surface area contributed by atoms with Crippen LogP contribution in [0.15, 0.2) is 30.3 Å². The van der Waals surface area contributed by atoms with Crippen LogP contribution in [0.5, 0.6) is 5.75 Å². The molecule has 0 spiro atoms. The van der Waals surface area contributed by atoms with E-state index in [1.54, 1.807) is 27.1 Å². The molecule has 164 valence electrons. The number of tetrazole rings is 1. The zero-order valence-electron chi connectivity index (χ0n) is 17.7. The average molecular weight is 427 g/mol. The molecule has 4 rings (SSSR count). The van der Waals surface area contributed by atoms with Crippen molar-refractivity contribution in [3.05, 3.63) is 47.4 Å². The van der Waals surface area contributed by atoms with E-state index in [-0.39, 0.29) is 11.6 Å². The van der Waals surface area contributed by atoms with Crippen molar-refractivity contribution in [2.45, 2.75) is 13.5 Å². The summed E-state index contributed by atoms with van der Waals surface area (Å²) in [6.07, 6.45) is 0. The number of amides is 1. The molecular formula is C20H25N7O4. The third kappa shape index (κ3) is 6.79. The standard InChI is InChI=1S/C16H17N7O2.C4H8O2/c1-10-18-13(15-20-22-23(2)21-15)8-14(19-10)16(24)17-9-11-5-4-6-12(7-11)25-3;1-2-6-4-3-5-1/h4-8H,9H2,1-3H3,(H,17,24);1-4H2. The van der Waals surface area contributed by atoms with E-state index < -0.39 is 0 Å². The molecular weight excluding hydrogens is 402 g/mol. The largest absolute Gasteiger partial charge is 0.497 e. The fourth-order valence-corrected chi connectivity index (χ4v) is 2.68. The van der Waals surface area contributed by atoms with Gasteiger partial charge in [0.1, 0.15) is 23.0 Å². The molecule has 1 aliphatic heterocycles. The molecule has 0 radical (unpaired) electrons. The number of aryl methyl sites for hydroxylation is 2. The number of benzene rings is 1. The molecule has 0 atom stereocenters. The number of carbonyl (C=O) groups excluding carboxylic acids is 1. The third-order valence-electron chi connectivity index (χ3n) is 4.14. The van der Waals surface area contributed by atoms with E-state index in [2.05, 4.69) is 30.7 Å². The van der Waals surface area contributed by atoms with Crippen molar-refractivity contribution in [2.75, 3.05) is 33.5 Å². The highest BCUT2D eigenvalue weighted by Crippen LogP contribution is 2.14. The van der Waals surface area contributed by atoms with E-state index in [9.17, 15) is 4.79 Å². The molecule has 1 aromatic carbocycles. The monoisotopic (exact) mass is 427 g/mol. The van der Waals surface area contributed by atoms with Crippen LogP contribution in [0.3, 0.4) is 0 Å². The molecule has 1 saturated heterocycles. The Hall–Kier alpha value is -3.44. The number of nitrogens with zero attached hydrogens (tertiary/aromatic N) is 6. The second kappa shape index (κ2) is 11.1. The van der Waals surface area contributed by atoms with E-state index in [1.807, 2.05) is 24.3 Å². The van der Waals surface area contributed by atoms with Gasteiger partial charge in [0.05, 0.1) is 40.6 Å². The Kier molecular flexibility index (Phi) is 7.96. The van der Waals surface area contributed by atoms with Crippen LogP contribution in [0.25, 0.3) is 11.5 Å². The van der Waals surface area contributed by atoms with Gasteiger partial charge in [-0.05, 0) is 35.9 Å². The maximum Gasteiger partial charge on any atom is 0.270 e. The number of methoxy groups -OCH3 is 1. The minimum Gasteiger partial charge on any atom is -0.497 e. The van der Waals surface area contributed by atoms with Gasteiger partial charge < -0.3 is 19.5 Å². The van der Waals surface area contributed by atoms with E-state index in [0.717, 1.165) is 37.7 Å². The van der Waals surface area contributed by atoms with Crippen LogP contribution >= 0.6 is 0 Å². The molecule has 3 aromatic rings. The molecule has 11 nitrogen and oxygen atoms in total. The van der Waals surface area contributed by atoms with Crippen LogP contribution < -0.4 is 10.1 Å². The first-order valence-corrected chi connectivity index (χ1v) is 9.72. The first-order chi connectivity index (χ1) is 15.0. The Morgan fingerprint density at radius 1 is 1.16 bits per heavy atom. The summed E-state index contributed by atoms with van der Waals surface area (Å²) < 4.78 is 15.1. The van der Waals surface area contributed by atoms with E-state index in [1.165, 1.54) is 4.80 Å². The van der Waals surface area contributed by atoms with E-state index >= 15 is 0 Å². The first kappa shape index (κ1) is 22.2. The van der Waals surface area contributed by atoms with Crippen molar-refractivity contribution < 1.29 is 19.0 Å². The highest BCUT2D eigenvalue weighted by Gasteiger charge is 2.14. The summed E-state index contributed by atoms with van der Waals surface area (Å²) in [7, 11) is 3.26. The van der Waals surface area contributed by atoms with Gasteiger partial charge in [-0.25, -0.2) is 9.97 Å². The summed E-state index contributed by atoms with van der Waals surface area (Å²) in [5, 5.41) is 14.6. The van der Waals surface area contributed by atoms with Crippen LogP contribution in [-0.2, 0) is 23.1 Å². The number of nitrogens with one attached hydrogen (secondary N) is 1. The van der Waals surface area contributed by atoms with Crippen LogP contribution in [0.4, 0.5) is 0 Å². The van der Waals surface area contributed by atoms with E-state index in [4.69, 9.17) is 14.2 Å². The molecule has 0 aliphatic carbocycles. The van der Waals surface area contributed by atoms with Crippen LogP contribution in [0.2, 0.25) is 0 Å². The van der Waals surface area contributed by atoms with Crippen molar-refractivity contribution in [1.82, 2.24) is 35.5 Å². The van der Waals surface area contributed by atoms with Gasteiger partial charge >= 0.3 is 0 Å². The van der Waals surface area contributed by atoms with Gasteiger partial charge in [0, 0.05) is 6.54 Å². The normalized spacial score (nSPS) is 13.1. The lowest BCUT2D eigenvalue weighted by molar-refractivity contribution is -0.0334. The maximum absolute atomic E-state index is 12.4. The Balaban J connectivity index is 0.000000391. The fraction of sp³-hybridized carbons (Fsp3) is 0.400. The number of hydrogen-bond donors (Lipinski definition) is 1. The van der Waals surface area contributed by atoms with Crippen LogP contribution in [0.1, 0.15) is 21.9 Å². The molecule has 1 aliphatic rings. The zero-order chi connectivity index (χ0) is 22.1. The van der Waals surface area contributed by atoms with Gasteiger partial charge in [0.2, 0.25) is 5.82 Å². The number of carbonyl (C=O) groups is 1. The van der Waals surface area contributed by atoms with Crippen molar-refractivity contribution in [3.63, 3.8) is 0 Å². The molecule has 11 heteroatoms. The van der Waals surface area contributed by atoms with E-state index in [0.29, 0.717) is 23.9 Å². The first-order valence-electron chi connectivity index (χ1n) is 9.72. The smallest absolute Gasteiger partial charge is 0.270 e. The minimum atomic E-state index is -0.307. The van der Waals surface area contributed by atoms with Crippen LogP contribution in [0, 0.1) is 6.92 Å². The molecule has 0 saturated carbocycles. The second-order valence-electron chi connectivity index (χ2n) is 6.55. The quantitative estimate of drug-likeness (QED) is 0.633. The summed E-state index contributed by atoms with van der Waals surface area (Å²) in [4.78, 5) is 22.2. The van der Waals surface area contributed by atoms with Crippen molar-refractivity contribution in [2.24, 2.45) is 7.05 Å². The lowest BCUT2D eigenvalue weighted by Crippen LogP contribution is -2.24. The summed E-state index contributed by atoms with van der Waals surface area (Å²) in [5.41, 5.74) is 1.62. The van der Waals surface area contributed by atoms with Gasteiger partial charge in [-0.15, -0.1) is 10.2 Å². The van der Waals surface area contributed by atoms with Crippen molar-refractivity contribution in [1.29, 1.82) is 0 Å². The lowest BCUT2D eigenvalue weighted by Gasteiger charge is -2.09. The second-order valence-corrected chi connectivity index (χ2v) is 6.55. The predicted molar refractivity (Wildman–Crippen MR) is 110 cm³/mol. The topological polar surface area (TPSA) is 126 Å². The summed E-state index contributed by atoms with van der Waals surface area (Å²) in [6.45, 7) is 5.18. The number of ether oxygens (including phenoxy) is 3. The predicted octanol–water partition coefficient (Wildman–Crippen LogP) is 0.947. The number of rotatable bonds is 5. The molecule has 2 aromatic heterocycles. The van der Waals surface area contributed by atoms with Crippen molar-refractivity contribution >= 4 is 5.91 Å². The number of hydrogen-bond acceptors (Lipinski definition) is 9. The highest BCUT2D eigenvalue weighted by atomic mass is 16.6. The molecule has 1 fully saturated rings. The Morgan fingerprint density at radius 3 is 2.52 bits per heavy atom. The summed E-state index contributed by atoms with van der Waals surface area (Å²) in [6, 6.07) is 9.03. The molecule has 1 amide bonds. The fourth-order valence-electron chi connectivity index (χ4n) is 2.68.